The molecule has 0 saturated heterocycles. The lowest BCUT2D eigenvalue weighted by Crippen LogP contribution is -2.55. The van der Waals surface area contributed by atoms with E-state index in [9.17, 15) is 19.2 Å². The second-order valence-corrected chi connectivity index (χ2v) is 8.36. The van der Waals surface area contributed by atoms with Crippen molar-refractivity contribution in [3.63, 3.8) is 0 Å². The summed E-state index contributed by atoms with van der Waals surface area (Å²) in [5.74, 6) is -3.62. The predicted molar refractivity (Wildman–Crippen MR) is 118 cm³/mol. The Balaban J connectivity index is 1.75. The third-order valence-corrected chi connectivity index (χ3v) is 6.86. The number of fused-ring (bicyclic) bond motifs is 8. The zero-order chi connectivity index (χ0) is 22.6. The molecule has 0 spiro atoms. The molecule has 1 saturated carbocycles. The third kappa shape index (κ3) is 2.59. The van der Waals surface area contributed by atoms with Crippen molar-refractivity contribution >= 4 is 23.6 Å². The summed E-state index contributed by atoms with van der Waals surface area (Å²) in [6.45, 7) is 7.57. The van der Waals surface area contributed by atoms with Gasteiger partial charge in [-0.2, -0.15) is 0 Å². The number of nitrogens with zero attached hydrogens (tertiary/aromatic N) is 2. The van der Waals surface area contributed by atoms with Gasteiger partial charge < -0.3 is 0 Å². The first-order valence-corrected chi connectivity index (χ1v) is 10.6. The lowest BCUT2D eigenvalue weighted by molar-refractivity contribution is -0.148. The van der Waals surface area contributed by atoms with Gasteiger partial charge in [0.15, 0.2) is 0 Å². The smallest absolute Gasteiger partial charge is 0.261 e. The summed E-state index contributed by atoms with van der Waals surface area (Å²) in [5, 5.41) is 0. The van der Waals surface area contributed by atoms with Crippen LogP contribution in [0.5, 0.6) is 0 Å². The standard InChI is InChI=1S/C26H22N2O4/c1-3-13-27-23(29)17-11-7-5-9-15(17)19-21(25(27)31)20-16-10-6-8-12-18(16)24(30)28(14-4-2)26(32)22(19)20/h3-12,19-22H,1-2,13-14H2. The topological polar surface area (TPSA) is 74.8 Å². The van der Waals surface area contributed by atoms with E-state index in [2.05, 4.69) is 13.2 Å². The van der Waals surface area contributed by atoms with Gasteiger partial charge in [0.05, 0.1) is 11.8 Å². The van der Waals surface area contributed by atoms with E-state index in [1.807, 2.05) is 24.3 Å². The Kier molecular flexibility index (Phi) is 4.66. The van der Waals surface area contributed by atoms with Crippen LogP contribution in [0.1, 0.15) is 43.7 Å². The molecular formula is C26H22N2O4. The SMILES string of the molecule is C=CCN1C(=O)c2ccccc2C2C(C1=O)C1c3ccccc3C(=O)N(CC=C)C(=O)C21. The number of carbonyl (C=O) groups is 4. The second-order valence-electron chi connectivity index (χ2n) is 8.36. The monoisotopic (exact) mass is 426 g/mol. The average molecular weight is 426 g/mol. The average Bonchev–Trinajstić information content (AvgIpc) is 2.90. The van der Waals surface area contributed by atoms with Crippen LogP contribution in [0.15, 0.2) is 73.8 Å². The minimum absolute atomic E-state index is 0.0870. The molecule has 5 rings (SSSR count). The van der Waals surface area contributed by atoms with Crippen molar-refractivity contribution in [2.75, 3.05) is 13.1 Å². The number of hydrogen-bond donors (Lipinski definition) is 0. The molecule has 1 fully saturated rings. The quantitative estimate of drug-likeness (QED) is 0.556. The molecule has 2 heterocycles. The van der Waals surface area contributed by atoms with Gasteiger partial charge in [0.2, 0.25) is 11.8 Å². The van der Waals surface area contributed by atoms with E-state index >= 15 is 0 Å². The van der Waals surface area contributed by atoms with E-state index in [1.54, 1.807) is 24.3 Å². The molecule has 0 unspecified atom stereocenters. The highest BCUT2D eigenvalue weighted by Gasteiger charge is 2.63. The number of amides is 4. The van der Waals surface area contributed by atoms with Gasteiger partial charge >= 0.3 is 0 Å². The number of rotatable bonds is 4. The Morgan fingerprint density at radius 2 is 1.00 bits per heavy atom. The summed E-state index contributed by atoms with van der Waals surface area (Å²) in [7, 11) is 0. The number of imide groups is 2. The van der Waals surface area contributed by atoms with Crippen molar-refractivity contribution in [1.82, 2.24) is 9.80 Å². The van der Waals surface area contributed by atoms with E-state index in [4.69, 9.17) is 0 Å². The van der Waals surface area contributed by atoms with Crippen LogP contribution in [-0.2, 0) is 9.59 Å². The fourth-order valence-corrected chi connectivity index (χ4v) is 5.56. The maximum atomic E-state index is 13.7. The highest BCUT2D eigenvalue weighted by atomic mass is 16.2. The number of carbonyl (C=O) groups excluding carboxylic acids is 4. The van der Waals surface area contributed by atoms with E-state index in [0.29, 0.717) is 22.3 Å². The summed E-state index contributed by atoms with van der Waals surface area (Å²) in [4.78, 5) is 56.3. The third-order valence-electron chi connectivity index (χ3n) is 6.86. The lowest BCUT2D eigenvalue weighted by atomic mass is 9.51. The van der Waals surface area contributed by atoms with Crippen LogP contribution in [0.25, 0.3) is 0 Å². The van der Waals surface area contributed by atoms with Crippen LogP contribution in [-0.4, -0.2) is 46.5 Å². The zero-order valence-electron chi connectivity index (χ0n) is 17.4. The van der Waals surface area contributed by atoms with Gasteiger partial charge in [0, 0.05) is 36.1 Å². The van der Waals surface area contributed by atoms with Crippen LogP contribution in [0, 0.1) is 11.8 Å². The predicted octanol–water partition coefficient (Wildman–Crippen LogP) is 3.14. The van der Waals surface area contributed by atoms with E-state index in [0.717, 1.165) is 0 Å². The van der Waals surface area contributed by atoms with Gasteiger partial charge in [0.25, 0.3) is 11.8 Å². The highest BCUT2D eigenvalue weighted by molar-refractivity contribution is 6.13. The number of hydrogen-bond acceptors (Lipinski definition) is 4. The molecule has 4 amide bonds. The maximum Gasteiger partial charge on any atom is 0.261 e. The Morgan fingerprint density at radius 3 is 1.38 bits per heavy atom. The highest BCUT2D eigenvalue weighted by Crippen LogP contribution is 2.61. The number of benzene rings is 2. The van der Waals surface area contributed by atoms with Gasteiger partial charge in [-0.25, -0.2) is 0 Å². The van der Waals surface area contributed by atoms with Crippen molar-refractivity contribution in [3.05, 3.63) is 96.1 Å². The molecule has 6 nitrogen and oxygen atoms in total. The summed E-state index contributed by atoms with van der Waals surface area (Å²) in [5.41, 5.74) is 2.20. The first-order chi connectivity index (χ1) is 15.5. The second kappa shape index (κ2) is 7.41. The van der Waals surface area contributed by atoms with Gasteiger partial charge in [0.1, 0.15) is 0 Å². The van der Waals surface area contributed by atoms with Gasteiger partial charge in [-0.1, -0.05) is 48.6 Å². The van der Waals surface area contributed by atoms with E-state index in [1.165, 1.54) is 22.0 Å². The first-order valence-electron chi connectivity index (χ1n) is 10.6. The normalized spacial score (nSPS) is 26.1. The molecule has 0 bridgehead atoms. The van der Waals surface area contributed by atoms with Crippen molar-refractivity contribution in [3.8, 4) is 0 Å². The van der Waals surface area contributed by atoms with E-state index < -0.39 is 23.7 Å². The molecule has 2 aromatic rings. The van der Waals surface area contributed by atoms with Crippen LogP contribution < -0.4 is 0 Å². The summed E-state index contributed by atoms with van der Waals surface area (Å²) in [6.07, 6.45) is 3.05. The van der Waals surface area contributed by atoms with Crippen LogP contribution in [0.4, 0.5) is 0 Å². The van der Waals surface area contributed by atoms with Gasteiger partial charge in [-0.15, -0.1) is 13.2 Å². The zero-order valence-corrected chi connectivity index (χ0v) is 17.4. The molecule has 1 aliphatic carbocycles. The molecule has 32 heavy (non-hydrogen) atoms. The van der Waals surface area contributed by atoms with E-state index in [-0.39, 0.29) is 36.7 Å². The fraction of sp³-hybridized carbons (Fsp3) is 0.231. The van der Waals surface area contributed by atoms with Gasteiger partial charge in [-0.05, 0) is 23.3 Å². The largest absolute Gasteiger partial charge is 0.274 e. The molecule has 3 aliphatic rings. The first kappa shape index (κ1) is 20.1. The molecule has 2 aromatic carbocycles. The summed E-state index contributed by atoms with van der Waals surface area (Å²) in [6, 6.07) is 14.1. The van der Waals surface area contributed by atoms with Crippen molar-refractivity contribution in [1.29, 1.82) is 0 Å². The minimum Gasteiger partial charge on any atom is -0.274 e. The molecule has 0 radical (unpaired) electrons. The molecule has 0 N–H and O–H groups in total. The Morgan fingerprint density at radius 1 is 0.625 bits per heavy atom. The Hall–Kier alpha value is -3.80. The lowest BCUT2D eigenvalue weighted by Gasteiger charge is -2.50. The summed E-state index contributed by atoms with van der Waals surface area (Å²) < 4.78 is 0. The minimum atomic E-state index is -0.617. The van der Waals surface area contributed by atoms with Crippen molar-refractivity contribution in [2.45, 2.75) is 11.8 Å². The Bertz CT molecular complexity index is 1100. The van der Waals surface area contributed by atoms with Crippen molar-refractivity contribution < 1.29 is 19.2 Å². The summed E-state index contributed by atoms with van der Waals surface area (Å²) >= 11 is 0. The molecule has 160 valence electrons. The molecule has 6 heteroatoms. The molecule has 0 atom stereocenters. The van der Waals surface area contributed by atoms with Crippen molar-refractivity contribution in [2.24, 2.45) is 11.8 Å². The van der Waals surface area contributed by atoms with Crippen LogP contribution in [0.3, 0.4) is 0 Å². The van der Waals surface area contributed by atoms with Crippen LogP contribution >= 0.6 is 0 Å². The fourth-order valence-electron chi connectivity index (χ4n) is 5.56. The molecule has 2 aliphatic heterocycles. The van der Waals surface area contributed by atoms with Crippen LogP contribution in [0.2, 0.25) is 0 Å². The Labute approximate surface area is 185 Å². The molecule has 0 aromatic heterocycles. The molecular weight excluding hydrogens is 404 g/mol. The van der Waals surface area contributed by atoms with Gasteiger partial charge in [-0.3, -0.25) is 29.0 Å². The maximum absolute atomic E-state index is 13.7.